The van der Waals surface area contributed by atoms with Gasteiger partial charge in [0.1, 0.15) is 35.2 Å². The van der Waals surface area contributed by atoms with E-state index in [2.05, 4.69) is 69.8 Å². The number of amides is 1. The van der Waals surface area contributed by atoms with Crippen molar-refractivity contribution in [2.45, 2.75) is 38.9 Å². The topological polar surface area (TPSA) is 187 Å². The maximum absolute atomic E-state index is 14.4. The molecule has 0 unspecified atom stereocenters. The fourth-order valence-electron chi connectivity index (χ4n) is 8.30. The molecule has 8 aromatic rings. The number of rotatable bonds is 11. The van der Waals surface area contributed by atoms with Crippen LogP contribution in [0.1, 0.15) is 30.3 Å². The van der Waals surface area contributed by atoms with Crippen molar-refractivity contribution in [3.8, 4) is 22.8 Å². The van der Waals surface area contributed by atoms with E-state index in [-0.39, 0.29) is 18.5 Å². The Bertz CT molecular complexity index is 2960. The fraction of sp³-hybridized carbons (Fsp3) is 0.273. The molecule has 0 saturated carbocycles. The first-order valence-corrected chi connectivity index (χ1v) is 21.4. The number of hydrogen-bond donors (Lipinski definition) is 3. The third kappa shape index (κ3) is 7.55. The number of likely N-dealkylation sites (tertiary alicyclic amines) is 1. The molecule has 3 aromatic carbocycles. The normalized spacial score (nSPS) is 15.7. The van der Waals surface area contributed by atoms with Crippen LogP contribution in [0.2, 0.25) is 0 Å². The Kier molecular flexibility index (Phi) is 10.4. The van der Waals surface area contributed by atoms with Crippen LogP contribution in [0.25, 0.3) is 39.0 Å². The van der Waals surface area contributed by atoms with Crippen LogP contribution >= 0.6 is 15.9 Å². The second-order valence-corrected chi connectivity index (χ2v) is 16.5. The highest BCUT2D eigenvalue weighted by molar-refractivity contribution is 9.10. The molecule has 2 aliphatic heterocycles. The number of anilines is 3. The number of nitrogen functional groups attached to an aromatic ring is 1. The minimum absolute atomic E-state index is 0.123. The standard InChI is InChI=1S/C44H44BrN15O2/c1-27-10-15-35-34(21-27)52-36(23-48-43-54-44(56-19-16-47-17-20-56)53-40-33(45)22-51-60(40)43)58(35)24-28(2)42(61)57-18-6-7-30(25-57)59-41-37(39(46)49-26-50-41)38(55-59)29-11-13-32(14-12-29)62-31-8-4-3-5-9-31/h3-5,8-15,21-22,26,30,47H,2,6-7,16-20,23-25H2,1H3,(H2,46,49,50)(H,48,53,54)/t30-/m1/s1. The predicted molar refractivity (Wildman–Crippen MR) is 241 cm³/mol. The number of nitrogens with zero attached hydrogens (tertiary/aromatic N) is 12. The Hall–Kier alpha value is -6.92. The molecule has 18 heteroatoms. The minimum Gasteiger partial charge on any atom is -0.457 e. The van der Waals surface area contributed by atoms with E-state index in [1.807, 2.05) is 77.2 Å². The largest absolute Gasteiger partial charge is 0.457 e. The average Bonchev–Trinajstić information content (AvgIpc) is 3.99. The number of piperidine rings is 1. The van der Waals surface area contributed by atoms with Crippen molar-refractivity contribution in [3.63, 3.8) is 0 Å². The number of aryl methyl sites for hydroxylation is 1. The fourth-order valence-corrected chi connectivity index (χ4v) is 8.65. The molecule has 2 aliphatic rings. The summed E-state index contributed by atoms with van der Waals surface area (Å²) in [5.41, 5.74) is 12.6. The summed E-state index contributed by atoms with van der Waals surface area (Å²) in [6.07, 6.45) is 4.76. The zero-order valence-electron chi connectivity index (χ0n) is 34.1. The molecule has 62 heavy (non-hydrogen) atoms. The van der Waals surface area contributed by atoms with Gasteiger partial charge in [-0.15, -0.1) is 0 Å². The Morgan fingerprint density at radius 2 is 1.79 bits per heavy atom. The highest BCUT2D eigenvalue weighted by atomic mass is 79.9. The van der Waals surface area contributed by atoms with Crippen LogP contribution in [0.4, 0.5) is 17.7 Å². The number of hydrogen-bond acceptors (Lipinski definition) is 13. The van der Waals surface area contributed by atoms with Crippen LogP contribution in [0.15, 0.2) is 102 Å². The van der Waals surface area contributed by atoms with Crippen molar-refractivity contribution in [1.29, 1.82) is 0 Å². The monoisotopic (exact) mass is 893 g/mol. The van der Waals surface area contributed by atoms with Gasteiger partial charge in [-0.1, -0.05) is 30.8 Å². The van der Waals surface area contributed by atoms with Crippen LogP contribution < -0.4 is 26.0 Å². The van der Waals surface area contributed by atoms with Crippen molar-refractivity contribution < 1.29 is 9.53 Å². The summed E-state index contributed by atoms with van der Waals surface area (Å²) in [6, 6.07) is 23.4. The molecule has 1 amide bonds. The lowest BCUT2D eigenvalue weighted by atomic mass is 10.0. The van der Waals surface area contributed by atoms with E-state index in [0.717, 1.165) is 77.2 Å². The second-order valence-electron chi connectivity index (χ2n) is 15.6. The van der Waals surface area contributed by atoms with E-state index in [0.29, 0.717) is 71.0 Å². The van der Waals surface area contributed by atoms with E-state index in [1.165, 1.54) is 6.33 Å². The Morgan fingerprint density at radius 3 is 2.61 bits per heavy atom. The van der Waals surface area contributed by atoms with E-state index < -0.39 is 0 Å². The summed E-state index contributed by atoms with van der Waals surface area (Å²) < 4.78 is 12.5. The Balaban J connectivity index is 0.889. The van der Waals surface area contributed by atoms with Gasteiger partial charge in [0.2, 0.25) is 11.9 Å². The van der Waals surface area contributed by atoms with Crippen molar-refractivity contribution in [1.82, 2.24) is 59.1 Å². The Labute approximate surface area is 364 Å². The summed E-state index contributed by atoms with van der Waals surface area (Å²) in [7, 11) is 0. The highest BCUT2D eigenvalue weighted by Crippen LogP contribution is 2.35. The molecule has 17 nitrogen and oxygen atoms in total. The smallest absolute Gasteiger partial charge is 0.251 e. The third-order valence-electron chi connectivity index (χ3n) is 11.4. The lowest BCUT2D eigenvalue weighted by Gasteiger charge is -2.33. The number of para-hydroxylation sites is 1. The van der Waals surface area contributed by atoms with Crippen molar-refractivity contribution in [2.75, 3.05) is 55.2 Å². The van der Waals surface area contributed by atoms with Gasteiger partial charge in [0.15, 0.2) is 11.3 Å². The van der Waals surface area contributed by atoms with Crippen LogP contribution in [0, 0.1) is 6.92 Å². The molecule has 1 atom stereocenters. The summed E-state index contributed by atoms with van der Waals surface area (Å²) in [5.74, 6) is 3.56. The van der Waals surface area contributed by atoms with Gasteiger partial charge in [-0.05, 0) is 89.8 Å². The first-order valence-electron chi connectivity index (χ1n) is 20.6. The van der Waals surface area contributed by atoms with Gasteiger partial charge in [-0.3, -0.25) is 4.79 Å². The van der Waals surface area contributed by atoms with Crippen molar-refractivity contribution in [3.05, 3.63) is 113 Å². The SMILES string of the molecule is C=C(Cn1c(CNc2nc(N3CCNCC3)nc3c(Br)cnn23)nc2cc(C)ccc21)C(=O)N1CCC[C@@H](n2nc(-c3ccc(Oc4ccccc4)cc3)c3c(N)ncnc32)C1. The number of nitrogens with two attached hydrogens (primary N) is 1. The number of benzene rings is 3. The molecule has 314 valence electrons. The number of nitrogens with one attached hydrogen (secondary N) is 2. The first kappa shape index (κ1) is 39.2. The van der Waals surface area contributed by atoms with E-state index >= 15 is 0 Å². The summed E-state index contributed by atoms with van der Waals surface area (Å²) >= 11 is 3.61. The van der Waals surface area contributed by atoms with Crippen LogP contribution in [0.5, 0.6) is 11.5 Å². The van der Waals surface area contributed by atoms with Crippen molar-refractivity contribution in [2.24, 2.45) is 0 Å². The van der Waals surface area contributed by atoms with Gasteiger partial charge in [-0.25, -0.2) is 19.6 Å². The van der Waals surface area contributed by atoms with Gasteiger partial charge in [0.25, 0.3) is 5.91 Å². The number of ether oxygens (including phenoxy) is 1. The van der Waals surface area contributed by atoms with Crippen LogP contribution in [0.3, 0.4) is 0 Å². The minimum atomic E-state index is -0.151. The second kappa shape index (κ2) is 16.5. The van der Waals surface area contributed by atoms with E-state index in [4.69, 9.17) is 30.5 Å². The number of fused-ring (bicyclic) bond motifs is 3. The van der Waals surface area contributed by atoms with E-state index in [9.17, 15) is 4.79 Å². The average molecular weight is 895 g/mol. The Morgan fingerprint density at radius 1 is 0.984 bits per heavy atom. The molecule has 5 aromatic heterocycles. The van der Waals surface area contributed by atoms with Crippen LogP contribution in [-0.2, 0) is 17.9 Å². The number of carbonyl (C=O) groups excluding carboxylic acids is 1. The number of halogens is 1. The van der Waals surface area contributed by atoms with E-state index in [1.54, 1.807) is 10.7 Å². The molecule has 0 radical (unpaired) electrons. The summed E-state index contributed by atoms with van der Waals surface area (Å²) in [5, 5.41) is 17.2. The lowest BCUT2D eigenvalue weighted by molar-refractivity contribution is -0.129. The zero-order valence-corrected chi connectivity index (χ0v) is 35.7. The lowest BCUT2D eigenvalue weighted by Crippen LogP contribution is -2.44. The van der Waals surface area contributed by atoms with Gasteiger partial charge in [0.05, 0.1) is 46.2 Å². The molecule has 2 fully saturated rings. The molecule has 0 bridgehead atoms. The summed E-state index contributed by atoms with van der Waals surface area (Å²) in [6.45, 7) is 11.3. The zero-order chi connectivity index (χ0) is 42.3. The summed E-state index contributed by atoms with van der Waals surface area (Å²) in [4.78, 5) is 42.1. The van der Waals surface area contributed by atoms with Gasteiger partial charge in [-0.2, -0.15) is 24.7 Å². The molecule has 10 rings (SSSR count). The van der Waals surface area contributed by atoms with Gasteiger partial charge < -0.3 is 35.5 Å². The molecule has 4 N–H and O–H groups in total. The number of imidazole rings is 1. The molecule has 0 aliphatic carbocycles. The van der Waals surface area contributed by atoms with Gasteiger partial charge in [0, 0.05) is 50.4 Å². The highest BCUT2D eigenvalue weighted by Gasteiger charge is 2.30. The quantitative estimate of drug-likeness (QED) is 0.125. The molecule has 0 spiro atoms. The maximum atomic E-state index is 14.4. The van der Waals surface area contributed by atoms with Gasteiger partial charge >= 0.3 is 0 Å². The first-order chi connectivity index (χ1) is 30.3. The molecule has 7 heterocycles. The predicted octanol–water partition coefficient (Wildman–Crippen LogP) is 6.17. The number of piperazine rings is 1. The third-order valence-corrected chi connectivity index (χ3v) is 12.0. The number of aromatic nitrogens is 10. The molecular formula is C44H44BrN15O2. The van der Waals surface area contributed by atoms with Crippen molar-refractivity contribution >= 4 is 67.3 Å². The maximum Gasteiger partial charge on any atom is 0.251 e. The molecular weight excluding hydrogens is 850 g/mol. The van der Waals surface area contributed by atoms with Crippen LogP contribution in [-0.4, -0.2) is 99.0 Å². The molecule has 2 saturated heterocycles. The number of carbonyl (C=O) groups is 1.